The van der Waals surface area contributed by atoms with Crippen LogP contribution in [0.5, 0.6) is 0 Å². The van der Waals surface area contributed by atoms with E-state index in [1.54, 1.807) is 0 Å². The van der Waals surface area contributed by atoms with Crippen molar-refractivity contribution < 1.29 is 46.5 Å². The van der Waals surface area contributed by atoms with Gasteiger partial charge in [-0.05, 0) is 0 Å². The van der Waals surface area contributed by atoms with Crippen molar-refractivity contribution in [2.45, 2.75) is 0 Å². The largest absolute Gasteiger partial charge is 2.00 e. The van der Waals surface area contributed by atoms with E-state index in [0.29, 0.717) is 0 Å². The van der Waals surface area contributed by atoms with Crippen LogP contribution in [0.15, 0.2) is 139 Å². The molecule has 0 aliphatic rings. The summed E-state index contributed by atoms with van der Waals surface area (Å²) in [5.41, 5.74) is 0. The van der Waals surface area contributed by atoms with E-state index in [1.165, 1.54) is 0 Å². The summed E-state index contributed by atoms with van der Waals surface area (Å²) in [7, 11) is 0.823. The van der Waals surface area contributed by atoms with E-state index < -0.39 is 0 Å². The molecule has 0 saturated carbocycles. The molecule has 1 aromatic heterocycles. The molecule has 0 amide bonds. The summed E-state index contributed by atoms with van der Waals surface area (Å²) in [6, 6.07) is 54.0. The van der Waals surface area contributed by atoms with Crippen LogP contribution in [0, 0.1) is 30.1 Å². The second-order valence-electron chi connectivity index (χ2n) is 5.12. The molecule has 1 heterocycles. The van der Waals surface area contributed by atoms with Crippen molar-refractivity contribution in [2.24, 2.45) is 0 Å². The second-order valence-corrected chi connectivity index (χ2v) is 6.03. The van der Waals surface area contributed by atoms with E-state index in [1.807, 2.05) is 133 Å². The van der Waals surface area contributed by atoms with Crippen LogP contribution >= 0.6 is 8.19 Å². The molecule has 1 atom stereocenters. The Hall–Kier alpha value is -2.05. The maximum atomic E-state index is 3.01. The van der Waals surface area contributed by atoms with E-state index in [-0.39, 0.29) is 46.5 Å². The predicted octanol–water partition coefficient (Wildman–Crippen LogP) is 1.47. The van der Waals surface area contributed by atoms with Gasteiger partial charge in [0.15, 0.2) is 0 Å². The van der Waals surface area contributed by atoms with Gasteiger partial charge in [-0.25, -0.2) is 6.07 Å². The van der Waals surface area contributed by atoms with Gasteiger partial charge in [0.1, 0.15) is 0 Å². The number of halogens is 2. The molecule has 0 aliphatic carbocycles. The molecule has 32 heavy (non-hydrogen) atoms. The van der Waals surface area contributed by atoms with Crippen molar-refractivity contribution in [1.29, 1.82) is 0 Å². The quantitative estimate of drug-likeness (QED) is 0.219. The van der Waals surface area contributed by atoms with E-state index in [2.05, 4.69) is 35.9 Å². The van der Waals surface area contributed by atoms with Gasteiger partial charge in [-0.1, -0.05) is 0 Å². The van der Waals surface area contributed by atoms with Gasteiger partial charge in [-0.3, -0.25) is 8.19 Å². The molecule has 0 bridgehead atoms. The van der Waals surface area contributed by atoms with Gasteiger partial charge < -0.3 is 24.8 Å². The normalized spacial score (nSPS) is 7.50. The Bertz CT molecular complexity index is 595. The van der Waals surface area contributed by atoms with Crippen molar-refractivity contribution in [2.75, 3.05) is 0 Å². The molecule has 164 valence electrons. The Balaban J connectivity index is -0.000000321. The van der Waals surface area contributed by atoms with Crippen LogP contribution in [-0.2, 0) is 21.7 Å². The molecule has 1 unspecified atom stereocenters. The Kier molecular flexibility index (Phi) is 33.6. The smallest absolute Gasteiger partial charge is 1.00 e. The molecular formula is C28H24Cl2PTi-5. The average Bonchev–Trinajstić information content (AvgIpc) is 3.45. The molecule has 0 aliphatic heterocycles. The number of hydrogen-bond donors (Lipinski definition) is 0. The zero-order valence-electron chi connectivity index (χ0n) is 17.5. The SMILES string of the molecule is [Cl-].[Cl-].[Ti+2].[c-]1ccc[pH]1.[c-]1ccccc1.[c-]1ccccc1.[c-]1ccccc1.[c-]1ccccc1. The Morgan fingerprint density at radius 2 is 0.625 bits per heavy atom. The fraction of sp³-hybridized carbons (Fsp3) is 0. The third-order valence-corrected chi connectivity index (χ3v) is 3.56. The third-order valence-electron chi connectivity index (χ3n) is 2.87. The van der Waals surface area contributed by atoms with Crippen LogP contribution in [0.25, 0.3) is 0 Å². The van der Waals surface area contributed by atoms with Crippen LogP contribution in [0.2, 0.25) is 0 Å². The second kappa shape index (κ2) is 31.1. The van der Waals surface area contributed by atoms with Crippen molar-refractivity contribution in [1.82, 2.24) is 0 Å². The van der Waals surface area contributed by atoms with E-state index >= 15 is 0 Å². The van der Waals surface area contributed by atoms with Crippen LogP contribution in [0.1, 0.15) is 0 Å². The number of benzene rings is 4. The van der Waals surface area contributed by atoms with Crippen LogP contribution in [0.4, 0.5) is 0 Å². The molecule has 5 aromatic rings. The summed E-state index contributed by atoms with van der Waals surface area (Å²) in [4.78, 5) is 0. The molecule has 4 aromatic carbocycles. The molecule has 0 fully saturated rings. The van der Waals surface area contributed by atoms with Gasteiger partial charge in [-0.2, -0.15) is 163 Å². The summed E-state index contributed by atoms with van der Waals surface area (Å²) in [5, 5.41) is 0. The van der Waals surface area contributed by atoms with Crippen molar-refractivity contribution in [3.63, 3.8) is 0 Å². The molecule has 0 saturated heterocycles. The maximum Gasteiger partial charge on any atom is 2.00 e. The summed E-state index contributed by atoms with van der Waals surface area (Å²) in [6.45, 7) is 0. The first-order chi connectivity index (χ1) is 14.5. The number of rotatable bonds is 0. The first kappa shape index (κ1) is 34.6. The molecule has 5 rings (SSSR count). The zero-order chi connectivity index (χ0) is 20.5. The predicted molar refractivity (Wildman–Crippen MR) is 126 cm³/mol. The van der Waals surface area contributed by atoms with Crippen molar-refractivity contribution in [3.05, 3.63) is 169 Å². The van der Waals surface area contributed by atoms with Gasteiger partial charge in [0.2, 0.25) is 0 Å². The topological polar surface area (TPSA) is 0 Å². The number of hydrogen-bond acceptors (Lipinski definition) is 0. The summed E-state index contributed by atoms with van der Waals surface area (Å²) >= 11 is 0. The molecule has 0 N–H and O–H groups in total. The molecule has 0 nitrogen and oxygen atoms in total. The summed E-state index contributed by atoms with van der Waals surface area (Å²) < 4.78 is 0. The maximum absolute atomic E-state index is 3.01. The van der Waals surface area contributed by atoms with Gasteiger partial charge in [0, 0.05) is 0 Å². The van der Waals surface area contributed by atoms with Crippen LogP contribution in [0.3, 0.4) is 0 Å². The molecule has 0 radical (unpaired) electrons. The average molecular weight is 510 g/mol. The first-order valence-corrected chi connectivity index (χ1v) is 10.2. The van der Waals surface area contributed by atoms with E-state index in [9.17, 15) is 0 Å². The minimum absolute atomic E-state index is 0. The standard InChI is InChI=1S/4C6H5.C4H4P.2ClH.Ti/c4*1-2-4-6-5-3-1;1-2-4-5-3-1;;;/h4*1-5H;1-3,5H;2*1H;/q5*-1;;;+2/p-2. The molecule has 4 heteroatoms. The minimum Gasteiger partial charge on any atom is -1.00 e. The van der Waals surface area contributed by atoms with Crippen molar-refractivity contribution >= 4 is 8.19 Å². The van der Waals surface area contributed by atoms with Gasteiger partial charge in [0.25, 0.3) is 0 Å². The first-order valence-electron chi connectivity index (χ1n) is 9.14. The zero-order valence-corrected chi connectivity index (χ0v) is 21.6. The fourth-order valence-electron chi connectivity index (χ4n) is 1.61. The minimum atomic E-state index is 0. The van der Waals surface area contributed by atoms with Gasteiger partial charge in [0.05, 0.1) is 0 Å². The van der Waals surface area contributed by atoms with Gasteiger partial charge >= 0.3 is 21.7 Å². The van der Waals surface area contributed by atoms with Crippen molar-refractivity contribution in [3.8, 4) is 0 Å². The summed E-state index contributed by atoms with van der Waals surface area (Å²) in [6.07, 6.45) is 0. The fourth-order valence-corrected chi connectivity index (χ4v) is 2.09. The molecular weight excluding hydrogens is 486 g/mol. The van der Waals surface area contributed by atoms with Gasteiger partial charge in [-0.15, -0.1) is 0 Å². The Morgan fingerprint density at radius 3 is 0.688 bits per heavy atom. The Morgan fingerprint density at radius 1 is 0.344 bits per heavy atom. The third kappa shape index (κ3) is 28.0. The van der Waals surface area contributed by atoms with Crippen LogP contribution < -0.4 is 24.8 Å². The van der Waals surface area contributed by atoms with E-state index in [4.69, 9.17) is 0 Å². The monoisotopic (exact) mass is 509 g/mol. The Labute approximate surface area is 222 Å². The van der Waals surface area contributed by atoms with E-state index in [0.717, 1.165) is 8.19 Å². The molecule has 0 spiro atoms. The summed E-state index contributed by atoms with van der Waals surface area (Å²) in [5.74, 6) is 5.11. The van der Waals surface area contributed by atoms with Crippen LogP contribution in [-0.4, -0.2) is 0 Å².